The molecule has 0 atom stereocenters. The van der Waals surface area contributed by atoms with Crippen molar-refractivity contribution in [3.8, 4) is 0 Å². The van der Waals surface area contributed by atoms with Gasteiger partial charge in [-0.05, 0) is 17.4 Å². The van der Waals surface area contributed by atoms with Gasteiger partial charge < -0.3 is 15.0 Å². The lowest BCUT2D eigenvalue weighted by Crippen LogP contribution is -2.34. The molecule has 0 saturated carbocycles. The molecule has 10 heteroatoms. The molecule has 0 aromatic carbocycles. The Bertz CT molecular complexity index is 847. The van der Waals surface area contributed by atoms with Crippen molar-refractivity contribution in [2.24, 2.45) is 0 Å². The second-order valence-corrected chi connectivity index (χ2v) is 7.43. The van der Waals surface area contributed by atoms with Gasteiger partial charge in [-0.3, -0.25) is 0 Å². The van der Waals surface area contributed by atoms with E-state index in [0.717, 1.165) is 0 Å². The second-order valence-electron chi connectivity index (χ2n) is 5.45. The van der Waals surface area contributed by atoms with Gasteiger partial charge in [-0.2, -0.15) is 9.38 Å². The first-order chi connectivity index (χ1) is 10.9. The van der Waals surface area contributed by atoms with Gasteiger partial charge >= 0.3 is 5.82 Å². The molecule has 2 aromatic rings. The van der Waals surface area contributed by atoms with Gasteiger partial charge in [0.05, 0.1) is 12.5 Å². The van der Waals surface area contributed by atoms with Gasteiger partial charge in [-0.15, -0.1) is 0 Å². The van der Waals surface area contributed by atoms with Gasteiger partial charge in [0.25, 0.3) is 0 Å². The van der Waals surface area contributed by atoms with Gasteiger partial charge in [0, 0.05) is 32.2 Å². The predicted molar refractivity (Wildman–Crippen MR) is 85.1 cm³/mol. The summed E-state index contributed by atoms with van der Waals surface area (Å²) in [5.41, 5.74) is 0.499. The van der Waals surface area contributed by atoms with Crippen molar-refractivity contribution >= 4 is 27.3 Å². The van der Waals surface area contributed by atoms with Crippen LogP contribution in [0, 0.1) is 10.1 Å². The highest BCUT2D eigenvalue weighted by molar-refractivity contribution is 7.88. The van der Waals surface area contributed by atoms with Gasteiger partial charge in [0.15, 0.2) is 0 Å². The number of sulfonamides is 1. The van der Waals surface area contributed by atoms with E-state index < -0.39 is 14.9 Å². The van der Waals surface area contributed by atoms with Crippen molar-refractivity contribution in [2.75, 3.05) is 37.3 Å². The Morgan fingerprint density at radius 3 is 2.70 bits per heavy atom. The first kappa shape index (κ1) is 15.7. The normalized spacial score (nSPS) is 17.3. The Kier molecular flexibility index (Phi) is 3.94. The lowest BCUT2D eigenvalue weighted by atomic mass is 10.4. The number of anilines is 1. The molecular weight excluding hydrogens is 322 g/mol. The third-order valence-electron chi connectivity index (χ3n) is 3.88. The van der Waals surface area contributed by atoms with Gasteiger partial charge in [-0.1, -0.05) is 6.07 Å². The third-order valence-corrected chi connectivity index (χ3v) is 5.19. The summed E-state index contributed by atoms with van der Waals surface area (Å²) in [6, 6.07) is 5.18. The number of pyridine rings is 1. The minimum atomic E-state index is -3.26. The molecule has 0 radical (unpaired) electrons. The van der Waals surface area contributed by atoms with Crippen LogP contribution >= 0.6 is 0 Å². The summed E-state index contributed by atoms with van der Waals surface area (Å²) in [6.07, 6.45) is 3.37. The number of nitrogens with zero attached hydrogens (tertiary/aromatic N) is 5. The lowest BCUT2D eigenvalue weighted by Gasteiger charge is -2.20. The molecule has 0 N–H and O–H groups in total. The number of imidazole rings is 1. The van der Waals surface area contributed by atoms with Crippen LogP contribution in [0.4, 0.5) is 11.6 Å². The van der Waals surface area contributed by atoms with Crippen LogP contribution < -0.4 is 4.90 Å². The zero-order valence-corrected chi connectivity index (χ0v) is 13.4. The monoisotopic (exact) mass is 339 g/mol. The molecule has 0 amide bonds. The molecule has 1 saturated heterocycles. The number of hydrogen-bond donors (Lipinski definition) is 0. The van der Waals surface area contributed by atoms with Crippen molar-refractivity contribution < 1.29 is 13.3 Å². The minimum Gasteiger partial charge on any atom is -0.358 e. The Morgan fingerprint density at radius 1 is 1.22 bits per heavy atom. The molecule has 2 aromatic heterocycles. The topological polar surface area (TPSA) is 101 Å². The fourth-order valence-corrected chi connectivity index (χ4v) is 3.66. The van der Waals surface area contributed by atoms with Crippen LogP contribution in [0.1, 0.15) is 6.42 Å². The van der Waals surface area contributed by atoms with E-state index in [4.69, 9.17) is 0 Å². The minimum absolute atomic E-state index is 0.0894. The summed E-state index contributed by atoms with van der Waals surface area (Å²) in [4.78, 5) is 17.2. The van der Waals surface area contributed by atoms with E-state index in [1.54, 1.807) is 29.3 Å². The van der Waals surface area contributed by atoms with Crippen molar-refractivity contribution in [3.63, 3.8) is 0 Å². The summed E-state index contributed by atoms with van der Waals surface area (Å²) in [5.74, 6) is 0.199. The van der Waals surface area contributed by atoms with Crippen LogP contribution in [0.25, 0.3) is 5.65 Å². The molecule has 0 spiro atoms. The van der Waals surface area contributed by atoms with Crippen LogP contribution in [0.5, 0.6) is 0 Å². The predicted octanol–water partition coefficient (Wildman–Crippen LogP) is 0.714. The van der Waals surface area contributed by atoms with E-state index in [0.29, 0.717) is 38.2 Å². The fourth-order valence-electron chi connectivity index (χ4n) is 2.79. The Morgan fingerprint density at radius 2 is 2.00 bits per heavy atom. The molecule has 1 aliphatic heterocycles. The summed E-state index contributed by atoms with van der Waals surface area (Å²) in [6.45, 7) is 1.61. The average molecular weight is 339 g/mol. The van der Waals surface area contributed by atoms with Crippen molar-refractivity contribution in [1.29, 1.82) is 0 Å². The van der Waals surface area contributed by atoms with Crippen LogP contribution in [0.2, 0.25) is 0 Å². The summed E-state index contributed by atoms with van der Waals surface area (Å²) >= 11 is 0. The highest BCUT2D eigenvalue weighted by Crippen LogP contribution is 2.29. The molecule has 124 valence electrons. The molecule has 23 heavy (non-hydrogen) atoms. The number of fused-ring (bicyclic) bond motifs is 1. The maximum Gasteiger partial charge on any atom is 0.372 e. The molecule has 0 unspecified atom stereocenters. The SMILES string of the molecule is CS(=O)(=O)N1CCCN(c2nc3ccccn3c2[N+](=O)[O-])CC1. The van der Waals surface area contributed by atoms with E-state index in [-0.39, 0.29) is 11.6 Å². The van der Waals surface area contributed by atoms with E-state index in [2.05, 4.69) is 4.98 Å². The summed E-state index contributed by atoms with van der Waals surface area (Å²) < 4.78 is 26.2. The fraction of sp³-hybridized carbons (Fsp3) is 0.462. The van der Waals surface area contributed by atoms with Crippen molar-refractivity contribution in [3.05, 3.63) is 34.5 Å². The lowest BCUT2D eigenvalue weighted by molar-refractivity contribution is -0.389. The Labute approximate surface area is 133 Å². The molecule has 3 heterocycles. The van der Waals surface area contributed by atoms with Gasteiger partial charge in [-0.25, -0.2) is 12.7 Å². The van der Waals surface area contributed by atoms with E-state index in [1.165, 1.54) is 15.0 Å². The molecular formula is C13H17N5O4S. The smallest absolute Gasteiger partial charge is 0.358 e. The maximum absolute atomic E-state index is 11.7. The van der Waals surface area contributed by atoms with E-state index in [1.807, 2.05) is 0 Å². The first-order valence-electron chi connectivity index (χ1n) is 7.19. The second kappa shape index (κ2) is 5.78. The molecule has 0 aliphatic carbocycles. The third kappa shape index (κ3) is 2.99. The highest BCUT2D eigenvalue weighted by atomic mass is 32.2. The summed E-state index contributed by atoms with van der Waals surface area (Å²) in [5, 5.41) is 11.5. The van der Waals surface area contributed by atoms with E-state index >= 15 is 0 Å². The maximum atomic E-state index is 11.7. The molecule has 0 bridgehead atoms. The Hall–Kier alpha value is -2.20. The molecule has 9 nitrogen and oxygen atoms in total. The van der Waals surface area contributed by atoms with Gasteiger partial charge in [0.1, 0.15) is 0 Å². The number of aromatic nitrogens is 2. The van der Waals surface area contributed by atoms with Crippen LogP contribution in [0.15, 0.2) is 24.4 Å². The number of rotatable bonds is 3. The Balaban J connectivity index is 1.97. The number of nitro groups is 1. The van der Waals surface area contributed by atoms with Crippen molar-refractivity contribution in [1.82, 2.24) is 13.7 Å². The first-order valence-corrected chi connectivity index (χ1v) is 9.04. The standard InChI is InChI=1S/C13H17N5O4S/c1-23(21,22)16-7-4-6-15(9-10-16)12-13(18(19)20)17-8-3-2-5-11(17)14-12/h2-3,5,8H,4,6-7,9-10H2,1H3. The van der Waals surface area contributed by atoms with Crippen LogP contribution in [0.3, 0.4) is 0 Å². The molecule has 3 rings (SSSR count). The highest BCUT2D eigenvalue weighted by Gasteiger charge is 2.29. The molecule has 1 fully saturated rings. The van der Waals surface area contributed by atoms with Crippen LogP contribution in [-0.2, 0) is 10.0 Å². The van der Waals surface area contributed by atoms with E-state index in [9.17, 15) is 18.5 Å². The number of hydrogen-bond acceptors (Lipinski definition) is 6. The van der Waals surface area contributed by atoms with Gasteiger partial charge in [0.2, 0.25) is 21.5 Å². The molecule has 1 aliphatic rings. The summed E-state index contributed by atoms with van der Waals surface area (Å²) in [7, 11) is -3.26. The largest absolute Gasteiger partial charge is 0.372 e. The zero-order valence-electron chi connectivity index (χ0n) is 12.6. The average Bonchev–Trinajstić information content (AvgIpc) is 2.68. The van der Waals surface area contributed by atoms with Crippen LogP contribution in [-0.4, -0.2) is 59.5 Å². The zero-order chi connectivity index (χ0) is 16.6. The van der Waals surface area contributed by atoms with Crippen molar-refractivity contribution in [2.45, 2.75) is 6.42 Å². The quantitative estimate of drug-likeness (QED) is 0.603.